The normalized spacial score (nSPS) is 35.8. The maximum absolute atomic E-state index is 6.64. The van der Waals surface area contributed by atoms with Crippen LogP contribution in [0.1, 0.15) is 56.6 Å². The first-order valence-corrected chi connectivity index (χ1v) is 7.03. The summed E-state index contributed by atoms with van der Waals surface area (Å²) in [5.41, 5.74) is 9.45. The van der Waals surface area contributed by atoms with Crippen molar-refractivity contribution in [1.82, 2.24) is 0 Å². The Hall–Kier alpha value is -0.820. The van der Waals surface area contributed by atoms with E-state index in [-0.39, 0.29) is 5.54 Å². The van der Waals surface area contributed by atoms with Gasteiger partial charge in [-0.25, -0.2) is 0 Å². The summed E-state index contributed by atoms with van der Waals surface area (Å²) < 4.78 is 0. The predicted molar refractivity (Wildman–Crippen MR) is 71.8 cm³/mol. The molecule has 0 heterocycles. The zero-order chi connectivity index (χ0) is 12.0. The van der Waals surface area contributed by atoms with Gasteiger partial charge in [-0.3, -0.25) is 0 Å². The van der Waals surface area contributed by atoms with E-state index in [1.165, 1.54) is 36.8 Å². The van der Waals surface area contributed by atoms with Crippen LogP contribution in [0.2, 0.25) is 0 Å². The maximum Gasteiger partial charge on any atom is 0.0473 e. The molecule has 0 aromatic heterocycles. The van der Waals surface area contributed by atoms with Gasteiger partial charge < -0.3 is 5.73 Å². The van der Waals surface area contributed by atoms with E-state index in [0.29, 0.717) is 5.92 Å². The Balaban J connectivity index is 1.85. The molecule has 2 N–H and O–H groups in total. The molecule has 2 fully saturated rings. The van der Waals surface area contributed by atoms with Crippen molar-refractivity contribution in [2.24, 2.45) is 17.6 Å². The molecule has 0 saturated heterocycles. The Bertz CT molecular complexity index is 392. The Morgan fingerprint density at radius 3 is 2.06 bits per heavy atom. The summed E-state index contributed by atoms with van der Waals surface area (Å²) >= 11 is 0. The van der Waals surface area contributed by atoms with Crippen molar-refractivity contribution in [3.05, 3.63) is 35.4 Å². The van der Waals surface area contributed by atoms with Crippen LogP contribution in [0.5, 0.6) is 0 Å². The minimum atomic E-state index is 0.0199. The first kappa shape index (κ1) is 11.3. The van der Waals surface area contributed by atoms with Crippen LogP contribution in [0.3, 0.4) is 0 Å². The van der Waals surface area contributed by atoms with Crippen LogP contribution in [0, 0.1) is 11.8 Å². The largest absolute Gasteiger partial charge is 0.321 e. The van der Waals surface area contributed by atoms with Crippen molar-refractivity contribution in [2.45, 2.75) is 51.0 Å². The third kappa shape index (κ3) is 1.63. The highest BCUT2D eigenvalue weighted by molar-refractivity contribution is 5.37. The molecule has 0 amide bonds. The standard InChI is InChI=1S/C16H23N/c1-11(2)12-7-9-13(10-8-12)16(17)14-5-3-4-6-15(14)16/h7-11,14-15H,3-6,17H2,1-2H3. The summed E-state index contributed by atoms with van der Waals surface area (Å²) in [6.45, 7) is 4.48. The monoisotopic (exact) mass is 229 g/mol. The zero-order valence-electron chi connectivity index (χ0n) is 10.9. The van der Waals surface area contributed by atoms with Gasteiger partial charge in [-0.2, -0.15) is 0 Å². The van der Waals surface area contributed by atoms with Gasteiger partial charge in [0.05, 0.1) is 0 Å². The molecule has 2 saturated carbocycles. The lowest BCUT2D eigenvalue weighted by molar-refractivity contribution is 0.480. The second kappa shape index (κ2) is 3.84. The van der Waals surface area contributed by atoms with E-state index in [0.717, 1.165) is 11.8 Å². The second-order valence-electron chi connectivity index (χ2n) is 6.21. The summed E-state index contributed by atoms with van der Waals surface area (Å²) in [5.74, 6) is 2.14. The third-order valence-corrected chi connectivity index (χ3v) is 4.96. The van der Waals surface area contributed by atoms with Gasteiger partial charge in [-0.1, -0.05) is 51.0 Å². The number of hydrogen-bond donors (Lipinski definition) is 1. The predicted octanol–water partition coefficient (Wildman–Crippen LogP) is 3.78. The molecule has 3 rings (SSSR count). The Labute approximate surface area is 104 Å². The van der Waals surface area contributed by atoms with Crippen LogP contribution in [-0.2, 0) is 5.54 Å². The molecule has 1 nitrogen and oxygen atoms in total. The van der Waals surface area contributed by atoms with E-state index in [1.807, 2.05) is 0 Å². The molecule has 0 radical (unpaired) electrons. The highest BCUT2D eigenvalue weighted by Gasteiger charge is 2.62. The summed E-state index contributed by atoms with van der Waals surface area (Å²) in [6, 6.07) is 9.07. The topological polar surface area (TPSA) is 26.0 Å². The summed E-state index contributed by atoms with van der Waals surface area (Å²) in [7, 11) is 0. The molecule has 2 unspecified atom stereocenters. The van der Waals surface area contributed by atoms with Crippen molar-refractivity contribution in [3.8, 4) is 0 Å². The van der Waals surface area contributed by atoms with Gasteiger partial charge in [-0.15, -0.1) is 0 Å². The van der Waals surface area contributed by atoms with Gasteiger partial charge in [0.1, 0.15) is 0 Å². The van der Waals surface area contributed by atoms with E-state index < -0.39 is 0 Å². The van der Waals surface area contributed by atoms with Crippen LogP contribution < -0.4 is 5.73 Å². The van der Waals surface area contributed by atoms with Gasteiger partial charge in [-0.05, 0) is 41.7 Å². The molecule has 1 heteroatoms. The fourth-order valence-electron chi connectivity index (χ4n) is 3.76. The van der Waals surface area contributed by atoms with Gasteiger partial charge in [0.15, 0.2) is 0 Å². The third-order valence-electron chi connectivity index (χ3n) is 4.96. The minimum Gasteiger partial charge on any atom is -0.321 e. The SMILES string of the molecule is CC(C)c1ccc(C2(N)C3CCCCC32)cc1. The van der Waals surface area contributed by atoms with E-state index >= 15 is 0 Å². The number of hydrogen-bond acceptors (Lipinski definition) is 1. The summed E-state index contributed by atoms with van der Waals surface area (Å²) in [5, 5.41) is 0. The van der Waals surface area contributed by atoms with Crippen LogP contribution in [0.15, 0.2) is 24.3 Å². The molecule has 1 aromatic carbocycles. The van der Waals surface area contributed by atoms with Crippen LogP contribution in [-0.4, -0.2) is 0 Å². The molecule has 1 aromatic rings. The average Bonchev–Trinajstić information content (AvgIpc) is 2.98. The Morgan fingerprint density at radius 1 is 1.06 bits per heavy atom. The molecular formula is C16H23N. The average molecular weight is 229 g/mol. The lowest BCUT2D eigenvalue weighted by Gasteiger charge is -2.14. The van der Waals surface area contributed by atoms with Gasteiger partial charge in [0.2, 0.25) is 0 Å². The molecule has 0 bridgehead atoms. The summed E-state index contributed by atoms with van der Waals surface area (Å²) in [4.78, 5) is 0. The molecule has 2 aliphatic carbocycles. The second-order valence-corrected chi connectivity index (χ2v) is 6.21. The molecule has 2 aliphatic rings. The summed E-state index contributed by atoms with van der Waals surface area (Å²) in [6.07, 6.45) is 5.44. The number of benzene rings is 1. The Kier molecular flexibility index (Phi) is 2.55. The first-order chi connectivity index (χ1) is 8.14. The number of nitrogens with two attached hydrogens (primary N) is 1. The van der Waals surface area contributed by atoms with Crippen molar-refractivity contribution in [2.75, 3.05) is 0 Å². The molecule has 92 valence electrons. The van der Waals surface area contributed by atoms with Gasteiger partial charge in [0.25, 0.3) is 0 Å². The fourth-order valence-corrected chi connectivity index (χ4v) is 3.76. The maximum atomic E-state index is 6.64. The molecule has 0 aliphatic heterocycles. The lowest BCUT2D eigenvalue weighted by Crippen LogP contribution is -2.23. The fraction of sp³-hybridized carbons (Fsp3) is 0.625. The molecule has 17 heavy (non-hydrogen) atoms. The first-order valence-electron chi connectivity index (χ1n) is 7.03. The smallest absolute Gasteiger partial charge is 0.0473 e. The van der Waals surface area contributed by atoms with E-state index in [4.69, 9.17) is 5.73 Å². The van der Waals surface area contributed by atoms with E-state index in [1.54, 1.807) is 0 Å². The lowest BCUT2D eigenvalue weighted by atomic mass is 9.96. The molecule has 0 spiro atoms. The van der Waals surface area contributed by atoms with Crippen molar-refractivity contribution in [1.29, 1.82) is 0 Å². The van der Waals surface area contributed by atoms with Crippen molar-refractivity contribution < 1.29 is 0 Å². The van der Waals surface area contributed by atoms with E-state index in [2.05, 4.69) is 38.1 Å². The Morgan fingerprint density at radius 2 is 1.59 bits per heavy atom. The van der Waals surface area contributed by atoms with Crippen LogP contribution >= 0.6 is 0 Å². The van der Waals surface area contributed by atoms with Gasteiger partial charge >= 0.3 is 0 Å². The van der Waals surface area contributed by atoms with E-state index in [9.17, 15) is 0 Å². The van der Waals surface area contributed by atoms with Crippen LogP contribution in [0.4, 0.5) is 0 Å². The number of fused-ring (bicyclic) bond motifs is 1. The molecule has 2 atom stereocenters. The molecular weight excluding hydrogens is 206 g/mol. The van der Waals surface area contributed by atoms with Crippen LogP contribution in [0.25, 0.3) is 0 Å². The van der Waals surface area contributed by atoms with Gasteiger partial charge in [0, 0.05) is 5.54 Å². The highest BCUT2D eigenvalue weighted by atomic mass is 14.9. The quantitative estimate of drug-likeness (QED) is 0.820. The van der Waals surface area contributed by atoms with Crippen molar-refractivity contribution in [3.63, 3.8) is 0 Å². The minimum absolute atomic E-state index is 0.0199. The highest BCUT2D eigenvalue weighted by Crippen LogP contribution is 2.62. The van der Waals surface area contributed by atoms with Crippen molar-refractivity contribution >= 4 is 0 Å². The zero-order valence-corrected chi connectivity index (χ0v) is 10.9. The number of rotatable bonds is 2.